The molecule has 0 aliphatic heterocycles. The van der Waals surface area contributed by atoms with Crippen molar-refractivity contribution in [1.82, 2.24) is 10.2 Å². The fraction of sp³-hybridized carbons (Fsp3) is 0.357. The zero-order valence-electron chi connectivity index (χ0n) is 11.8. The molecule has 0 aliphatic carbocycles. The van der Waals surface area contributed by atoms with Gasteiger partial charge in [0.1, 0.15) is 6.04 Å². The lowest BCUT2D eigenvalue weighted by molar-refractivity contribution is -0.140. The minimum atomic E-state index is -1.32. The van der Waals surface area contributed by atoms with Crippen LogP contribution in [0.1, 0.15) is 18.9 Å². The molecule has 0 radical (unpaired) electrons. The molecule has 1 aromatic carbocycles. The molecule has 0 heterocycles. The maximum absolute atomic E-state index is 12.1. The number of hydrogen-bond donors (Lipinski definition) is 3. The highest BCUT2D eigenvalue weighted by molar-refractivity contribution is 5.87. The van der Waals surface area contributed by atoms with E-state index in [1.807, 2.05) is 30.3 Å². The average molecular weight is 293 g/mol. The van der Waals surface area contributed by atoms with Crippen molar-refractivity contribution in [3.8, 4) is 0 Å². The SMILES string of the molecule is CCN(Cc1ccccc1)C(=O)N[C@@H](CC(N)=O)C(=O)O. The summed E-state index contributed by atoms with van der Waals surface area (Å²) in [7, 11) is 0. The standard InChI is InChI=1S/C14H19N3O4/c1-2-17(9-10-6-4-3-5-7-10)14(21)16-11(13(19)20)8-12(15)18/h3-7,11H,2,8-9H2,1H3,(H2,15,18)(H,16,21)(H,19,20)/t11-/m0/s1. The third-order valence-electron chi connectivity index (χ3n) is 2.89. The molecule has 4 N–H and O–H groups in total. The quantitative estimate of drug-likeness (QED) is 0.681. The van der Waals surface area contributed by atoms with E-state index in [1.54, 1.807) is 6.92 Å². The summed E-state index contributed by atoms with van der Waals surface area (Å²) >= 11 is 0. The van der Waals surface area contributed by atoms with E-state index in [9.17, 15) is 14.4 Å². The summed E-state index contributed by atoms with van der Waals surface area (Å²) in [6.07, 6.45) is -0.441. The van der Waals surface area contributed by atoms with Crippen molar-refractivity contribution >= 4 is 17.9 Å². The molecule has 0 saturated carbocycles. The van der Waals surface area contributed by atoms with Crippen LogP contribution in [0, 0.1) is 0 Å². The molecule has 7 heteroatoms. The van der Waals surface area contributed by atoms with Crippen molar-refractivity contribution in [1.29, 1.82) is 0 Å². The van der Waals surface area contributed by atoms with Crippen molar-refractivity contribution < 1.29 is 19.5 Å². The van der Waals surface area contributed by atoms with E-state index in [-0.39, 0.29) is 0 Å². The van der Waals surface area contributed by atoms with Gasteiger partial charge in [-0.1, -0.05) is 30.3 Å². The molecule has 1 aromatic rings. The van der Waals surface area contributed by atoms with Gasteiger partial charge >= 0.3 is 12.0 Å². The number of carbonyl (C=O) groups is 3. The lowest BCUT2D eigenvalue weighted by atomic mass is 10.2. The zero-order chi connectivity index (χ0) is 15.8. The number of hydrogen-bond acceptors (Lipinski definition) is 3. The number of amides is 3. The minimum absolute atomic E-state index is 0.353. The molecule has 1 rings (SSSR count). The molecule has 114 valence electrons. The van der Waals surface area contributed by atoms with Crippen LogP contribution in [0.5, 0.6) is 0 Å². The molecule has 0 aromatic heterocycles. The highest BCUT2D eigenvalue weighted by Gasteiger charge is 2.24. The number of carboxylic acids is 1. The number of benzene rings is 1. The molecule has 21 heavy (non-hydrogen) atoms. The van der Waals surface area contributed by atoms with Crippen LogP contribution in [0.15, 0.2) is 30.3 Å². The summed E-state index contributed by atoms with van der Waals surface area (Å²) in [5, 5.41) is 11.3. The minimum Gasteiger partial charge on any atom is -0.480 e. The van der Waals surface area contributed by atoms with E-state index in [0.717, 1.165) is 5.56 Å². The number of carboxylic acid groups (broad SMARTS) is 1. The maximum atomic E-state index is 12.1. The smallest absolute Gasteiger partial charge is 0.326 e. The topological polar surface area (TPSA) is 113 Å². The Bertz CT molecular complexity index is 504. The Labute approximate surface area is 122 Å². The molecule has 0 spiro atoms. The van der Waals surface area contributed by atoms with Gasteiger partial charge < -0.3 is 21.1 Å². The van der Waals surface area contributed by atoms with Crippen molar-refractivity contribution in [3.05, 3.63) is 35.9 Å². The van der Waals surface area contributed by atoms with Crippen molar-refractivity contribution in [2.24, 2.45) is 5.73 Å². The van der Waals surface area contributed by atoms with Crippen molar-refractivity contribution in [2.75, 3.05) is 6.54 Å². The Kier molecular flexibility index (Phi) is 6.19. The Morgan fingerprint density at radius 3 is 2.38 bits per heavy atom. The Balaban J connectivity index is 2.69. The van der Waals surface area contributed by atoms with E-state index < -0.39 is 30.4 Å². The Morgan fingerprint density at radius 1 is 1.29 bits per heavy atom. The van der Waals surface area contributed by atoms with Crippen molar-refractivity contribution in [3.63, 3.8) is 0 Å². The summed E-state index contributed by atoms with van der Waals surface area (Å²) in [6, 6.07) is 7.45. The number of carbonyl (C=O) groups excluding carboxylic acids is 2. The highest BCUT2D eigenvalue weighted by atomic mass is 16.4. The van der Waals surface area contributed by atoms with Crippen LogP contribution in [0.4, 0.5) is 4.79 Å². The first-order chi connectivity index (χ1) is 9.93. The van der Waals surface area contributed by atoms with Gasteiger partial charge in [-0.15, -0.1) is 0 Å². The van der Waals surface area contributed by atoms with Crippen LogP contribution < -0.4 is 11.1 Å². The fourth-order valence-electron chi connectivity index (χ4n) is 1.77. The van der Waals surface area contributed by atoms with E-state index in [0.29, 0.717) is 13.1 Å². The third kappa shape index (κ3) is 5.52. The third-order valence-corrected chi connectivity index (χ3v) is 2.89. The van der Waals surface area contributed by atoms with Gasteiger partial charge in [0.25, 0.3) is 0 Å². The fourth-order valence-corrected chi connectivity index (χ4v) is 1.77. The first-order valence-corrected chi connectivity index (χ1v) is 6.54. The first kappa shape index (κ1) is 16.5. The lowest BCUT2D eigenvalue weighted by Crippen LogP contribution is -2.49. The predicted octanol–water partition coefficient (Wildman–Crippen LogP) is 0.547. The molecule has 1 atom stereocenters. The summed E-state index contributed by atoms with van der Waals surface area (Å²) < 4.78 is 0. The van der Waals surface area contributed by atoms with Gasteiger partial charge in [-0.05, 0) is 12.5 Å². The monoisotopic (exact) mass is 293 g/mol. The summed E-state index contributed by atoms with van der Waals surface area (Å²) in [5.74, 6) is -2.08. The molecule has 0 saturated heterocycles. The van der Waals surface area contributed by atoms with Gasteiger partial charge in [0.05, 0.1) is 6.42 Å². The number of rotatable bonds is 7. The lowest BCUT2D eigenvalue weighted by Gasteiger charge is -2.23. The normalized spacial score (nSPS) is 11.5. The number of nitrogens with zero attached hydrogens (tertiary/aromatic N) is 1. The van der Waals surface area contributed by atoms with E-state index in [4.69, 9.17) is 10.8 Å². The molecular formula is C14H19N3O4. The van der Waals surface area contributed by atoms with Crippen LogP contribution in [-0.4, -0.2) is 40.5 Å². The van der Waals surface area contributed by atoms with Crippen LogP contribution >= 0.6 is 0 Å². The zero-order valence-corrected chi connectivity index (χ0v) is 11.8. The molecular weight excluding hydrogens is 274 g/mol. The maximum Gasteiger partial charge on any atom is 0.326 e. The number of nitrogens with two attached hydrogens (primary N) is 1. The number of nitrogens with one attached hydrogen (secondary N) is 1. The molecule has 0 bridgehead atoms. The van der Waals surface area contributed by atoms with Crippen LogP contribution in [0.3, 0.4) is 0 Å². The predicted molar refractivity (Wildman–Crippen MR) is 76.3 cm³/mol. The second-order valence-corrected chi connectivity index (χ2v) is 4.51. The summed E-state index contributed by atoms with van der Waals surface area (Å²) in [6.45, 7) is 2.54. The Morgan fingerprint density at radius 2 is 1.90 bits per heavy atom. The van der Waals surface area contributed by atoms with Crippen LogP contribution in [0.25, 0.3) is 0 Å². The number of aliphatic carboxylic acids is 1. The summed E-state index contributed by atoms with van der Waals surface area (Å²) in [4.78, 5) is 35.3. The van der Waals surface area contributed by atoms with Crippen LogP contribution in [0.2, 0.25) is 0 Å². The second-order valence-electron chi connectivity index (χ2n) is 4.51. The van der Waals surface area contributed by atoms with Gasteiger partial charge in [0.15, 0.2) is 0 Å². The van der Waals surface area contributed by atoms with Crippen molar-refractivity contribution in [2.45, 2.75) is 25.9 Å². The second kappa shape index (κ2) is 7.88. The van der Waals surface area contributed by atoms with Gasteiger partial charge in [-0.3, -0.25) is 4.79 Å². The van der Waals surface area contributed by atoms with E-state index >= 15 is 0 Å². The first-order valence-electron chi connectivity index (χ1n) is 6.54. The van der Waals surface area contributed by atoms with Gasteiger partial charge in [0.2, 0.25) is 5.91 Å². The number of urea groups is 1. The van der Waals surface area contributed by atoms with Gasteiger partial charge in [-0.25, -0.2) is 9.59 Å². The molecule has 0 unspecified atom stereocenters. The molecule has 7 nitrogen and oxygen atoms in total. The Hall–Kier alpha value is -2.57. The van der Waals surface area contributed by atoms with E-state index in [2.05, 4.69) is 5.32 Å². The largest absolute Gasteiger partial charge is 0.480 e. The molecule has 0 fully saturated rings. The molecule has 0 aliphatic rings. The average Bonchev–Trinajstić information content (AvgIpc) is 2.44. The number of primary amides is 1. The van der Waals surface area contributed by atoms with Gasteiger partial charge in [0, 0.05) is 13.1 Å². The summed E-state index contributed by atoms with van der Waals surface area (Å²) in [5.41, 5.74) is 5.90. The highest BCUT2D eigenvalue weighted by Crippen LogP contribution is 2.05. The van der Waals surface area contributed by atoms with Gasteiger partial charge in [-0.2, -0.15) is 0 Å². The molecule has 3 amide bonds. The van der Waals surface area contributed by atoms with E-state index in [1.165, 1.54) is 4.90 Å². The van der Waals surface area contributed by atoms with Crippen LogP contribution in [-0.2, 0) is 16.1 Å².